The van der Waals surface area contributed by atoms with Crippen LogP contribution < -0.4 is 4.74 Å². The maximum Gasteiger partial charge on any atom is 0.415 e. The highest BCUT2D eigenvalue weighted by Crippen LogP contribution is 2.23. The maximum absolute atomic E-state index is 12.2. The van der Waals surface area contributed by atoms with E-state index in [1.807, 2.05) is 30.3 Å². The van der Waals surface area contributed by atoms with Gasteiger partial charge in [0.05, 0.1) is 6.07 Å². The second-order valence-corrected chi connectivity index (χ2v) is 6.22. The molecule has 1 aliphatic rings. The van der Waals surface area contributed by atoms with Crippen LogP contribution in [0.5, 0.6) is 5.75 Å². The summed E-state index contributed by atoms with van der Waals surface area (Å²) in [6, 6.07) is 18.3. The number of benzene rings is 2. The van der Waals surface area contributed by atoms with Crippen molar-refractivity contribution in [2.45, 2.75) is 6.04 Å². The van der Waals surface area contributed by atoms with E-state index in [4.69, 9.17) is 16.3 Å². The van der Waals surface area contributed by atoms with Gasteiger partial charge in [0.1, 0.15) is 11.8 Å². The summed E-state index contributed by atoms with van der Waals surface area (Å²) >= 11 is 5.91. The van der Waals surface area contributed by atoms with Crippen molar-refractivity contribution in [2.24, 2.45) is 0 Å². The Bertz CT molecular complexity index is 750. The molecule has 25 heavy (non-hydrogen) atoms. The van der Waals surface area contributed by atoms with Crippen LogP contribution in [0, 0.1) is 11.3 Å². The van der Waals surface area contributed by atoms with Crippen molar-refractivity contribution in [2.75, 3.05) is 26.2 Å². The standard InChI is InChI=1S/C19H18ClN3O2/c20-16-8-6-15(7-9-16)18(14-21)22-10-12-23(13-11-22)19(24)25-17-4-2-1-3-5-17/h1-9,18H,10-13H2. The second-order valence-electron chi connectivity index (χ2n) is 5.79. The molecule has 1 atom stereocenters. The lowest BCUT2D eigenvalue weighted by molar-refractivity contribution is 0.100. The van der Waals surface area contributed by atoms with E-state index < -0.39 is 0 Å². The van der Waals surface area contributed by atoms with Crippen molar-refractivity contribution in [1.29, 1.82) is 5.26 Å². The van der Waals surface area contributed by atoms with Crippen LogP contribution in [0.25, 0.3) is 0 Å². The Hall–Kier alpha value is -2.55. The molecular weight excluding hydrogens is 338 g/mol. The fraction of sp³-hybridized carbons (Fsp3) is 0.263. The highest BCUT2D eigenvalue weighted by atomic mass is 35.5. The third-order valence-corrected chi connectivity index (χ3v) is 4.45. The molecule has 1 saturated heterocycles. The minimum Gasteiger partial charge on any atom is -0.410 e. The number of nitrogens with zero attached hydrogens (tertiary/aromatic N) is 3. The van der Waals surface area contributed by atoms with Gasteiger partial charge in [0, 0.05) is 31.2 Å². The number of hydrogen-bond acceptors (Lipinski definition) is 4. The van der Waals surface area contributed by atoms with Crippen LogP contribution in [-0.4, -0.2) is 42.1 Å². The number of halogens is 1. The van der Waals surface area contributed by atoms with Crippen LogP contribution in [-0.2, 0) is 0 Å². The van der Waals surface area contributed by atoms with Crippen LogP contribution in [0.2, 0.25) is 5.02 Å². The number of carbonyl (C=O) groups excluding carboxylic acids is 1. The van der Waals surface area contributed by atoms with Crippen LogP contribution in [0.15, 0.2) is 54.6 Å². The molecular formula is C19H18ClN3O2. The first-order chi connectivity index (χ1) is 12.2. The van der Waals surface area contributed by atoms with E-state index in [1.165, 1.54) is 0 Å². The summed E-state index contributed by atoms with van der Waals surface area (Å²) in [5, 5.41) is 10.2. The van der Waals surface area contributed by atoms with E-state index in [0.717, 1.165) is 5.56 Å². The topological polar surface area (TPSA) is 56.6 Å². The van der Waals surface area contributed by atoms with E-state index in [-0.39, 0.29) is 12.1 Å². The minimum absolute atomic E-state index is 0.343. The number of piperazine rings is 1. The van der Waals surface area contributed by atoms with Gasteiger partial charge in [-0.2, -0.15) is 5.26 Å². The fourth-order valence-corrected chi connectivity index (χ4v) is 2.95. The Morgan fingerprint density at radius 2 is 1.68 bits per heavy atom. The summed E-state index contributed by atoms with van der Waals surface area (Å²) in [5.74, 6) is 0.533. The molecule has 0 bridgehead atoms. The average molecular weight is 356 g/mol. The number of para-hydroxylation sites is 1. The lowest BCUT2D eigenvalue weighted by Crippen LogP contribution is -2.50. The minimum atomic E-state index is -0.356. The molecule has 128 valence electrons. The molecule has 0 saturated carbocycles. The number of ether oxygens (including phenoxy) is 1. The largest absolute Gasteiger partial charge is 0.415 e. The number of nitriles is 1. The summed E-state index contributed by atoms with van der Waals surface area (Å²) < 4.78 is 5.36. The third kappa shape index (κ3) is 4.30. The normalized spacial score (nSPS) is 16.1. The van der Waals surface area contributed by atoms with Gasteiger partial charge in [0.25, 0.3) is 0 Å². The molecule has 6 heteroatoms. The van der Waals surface area contributed by atoms with Crippen LogP contribution in [0.3, 0.4) is 0 Å². The molecule has 0 spiro atoms. The first-order valence-corrected chi connectivity index (χ1v) is 8.46. The summed E-state index contributed by atoms with van der Waals surface area (Å²) in [6.45, 7) is 2.28. The number of amides is 1. The van der Waals surface area contributed by atoms with Gasteiger partial charge in [-0.15, -0.1) is 0 Å². The molecule has 0 aromatic heterocycles. The third-order valence-electron chi connectivity index (χ3n) is 4.19. The van der Waals surface area contributed by atoms with Gasteiger partial charge >= 0.3 is 6.09 Å². The highest BCUT2D eigenvalue weighted by Gasteiger charge is 2.27. The molecule has 2 aromatic carbocycles. The van der Waals surface area contributed by atoms with Gasteiger partial charge in [-0.3, -0.25) is 4.90 Å². The zero-order valence-electron chi connectivity index (χ0n) is 13.6. The van der Waals surface area contributed by atoms with Gasteiger partial charge < -0.3 is 9.64 Å². The molecule has 0 N–H and O–H groups in total. The van der Waals surface area contributed by atoms with E-state index >= 15 is 0 Å². The average Bonchev–Trinajstić information content (AvgIpc) is 2.65. The molecule has 1 fully saturated rings. The van der Waals surface area contributed by atoms with Crippen molar-refractivity contribution < 1.29 is 9.53 Å². The number of hydrogen-bond donors (Lipinski definition) is 0. The second kappa shape index (κ2) is 8.02. The molecule has 0 radical (unpaired) electrons. The lowest BCUT2D eigenvalue weighted by Gasteiger charge is -2.36. The summed E-state index contributed by atoms with van der Waals surface area (Å²) in [5.41, 5.74) is 0.909. The van der Waals surface area contributed by atoms with Gasteiger partial charge in [-0.25, -0.2) is 4.79 Å². The van der Waals surface area contributed by atoms with Crippen molar-refractivity contribution in [1.82, 2.24) is 9.80 Å². The van der Waals surface area contributed by atoms with Gasteiger partial charge in [-0.1, -0.05) is 41.9 Å². The van der Waals surface area contributed by atoms with E-state index in [9.17, 15) is 10.1 Å². The number of carbonyl (C=O) groups is 1. The lowest BCUT2D eigenvalue weighted by atomic mass is 10.1. The SMILES string of the molecule is N#CC(c1ccc(Cl)cc1)N1CCN(C(=O)Oc2ccccc2)CC1. The summed E-state index contributed by atoms with van der Waals surface area (Å²) in [7, 11) is 0. The molecule has 5 nitrogen and oxygen atoms in total. The van der Waals surface area contributed by atoms with E-state index in [2.05, 4.69) is 11.0 Å². The highest BCUT2D eigenvalue weighted by molar-refractivity contribution is 6.30. The molecule has 1 amide bonds. The van der Waals surface area contributed by atoms with Gasteiger partial charge in [0.15, 0.2) is 0 Å². The summed E-state index contributed by atoms with van der Waals surface area (Å²) in [6.07, 6.45) is -0.356. The Kier molecular flexibility index (Phi) is 5.54. The Morgan fingerprint density at radius 1 is 1.04 bits per heavy atom. The molecule has 1 aliphatic heterocycles. The van der Waals surface area contributed by atoms with Gasteiger partial charge in [-0.05, 0) is 29.8 Å². The van der Waals surface area contributed by atoms with Gasteiger partial charge in [0.2, 0.25) is 0 Å². The van der Waals surface area contributed by atoms with Crippen molar-refractivity contribution in [3.63, 3.8) is 0 Å². The first kappa shape index (κ1) is 17.3. The first-order valence-electron chi connectivity index (χ1n) is 8.08. The van der Waals surface area contributed by atoms with Crippen LogP contribution in [0.1, 0.15) is 11.6 Å². The molecule has 0 aliphatic carbocycles. The van der Waals surface area contributed by atoms with Crippen molar-refractivity contribution in [3.05, 3.63) is 65.2 Å². The molecule has 2 aromatic rings. The van der Waals surface area contributed by atoms with Crippen molar-refractivity contribution in [3.8, 4) is 11.8 Å². The fourth-order valence-electron chi connectivity index (χ4n) is 2.83. The monoisotopic (exact) mass is 355 g/mol. The predicted octanol–water partition coefficient (Wildman–Crippen LogP) is 3.72. The Morgan fingerprint density at radius 3 is 2.28 bits per heavy atom. The molecule has 1 heterocycles. The quantitative estimate of drug-likeness (QED) is 0.842. The molecule has 1 unspecified atom stereocenters. The predicted molar refractivity (Wildman–Crippen MR) is 95.4 cm³/mol. The zero-order chi connectivity index (χ0) is 17.6. The smallest absolute Gasteiger partial charge is 0.410 e. The van der Waals surface area contributed by atoms with Crippen LogP contribution >= 0.6 is 11.6 Å². The maximum atomic E-state index is 12.2. The van der Waals surface area contributed by atoms with E-state index in [0.29, 0.717) is 37.0 Å². The van der Waals surface area contributed by atoms with Crippen molar-refractivity contribution >= 4 is 17.7 Å². The Balaban J connectivity index is 1.58. The van der Waals surface area contributed by atoms with Crippen LogP contribution in [0.4, 0.5) is 4.79 Å². The number of rotatable bonds is 3. The van der Waals surface area contributed by atoms with E-state index in [1.54, 1.807) is 29.2 Å². The summed E-state index contributed by atoms with van der Waals surface area (Å²) in [4.78, 5) is 16.0. The zero-order valence-corrected chi connectivity index (χ0v) is 14.4. The Labute approximate surface area is 152 Å². The molecule has 3 rings (SSSR count).